The van der Waals surface area contributed by atoms with Gasteiger partial charge in [0, 0.05) is 60.1 Å². The smallest absolute Gasteiger partial charge is 0.322 e. The molecule has 2 N–H and O–H groups in total. The fourth-order valence-corrected chi connectivity index (χ4v) is 5.35. The van der Waals surface area contributed by atoms with Gasteiger partial charge in [-0.1, -0.05) is 18.2 Å². The number of fused-ring (bicyclic) bond motifs is 2. The van der Waals surface area contributed by atoms with Crippen LogP contribution < -0.4 is 15.0 Å². The molecular formula is C28H28N6O3. The van der Waals surface area contributed by atoms with Gasteiger partial charge in [-0.25, -0.2) is 14.8 Å². The molecule has 1 saturated heterocycles. The molecule has 2 aliphatic rings. The normalized spacial score (nSPS) is 16.3. The van der Waals surface area contributed by atoms with Crippen LogP contribution in [0.4, 0.5) is 16.3 Å². The number of anilines is 2. The summed E-state index contributed by atoms with van der Waals surface area (Å²) in [4.78, 5) is 42.2. The summed E-state index contributed by atoms with van der Waals surface area (Å²) in [5.74, 6) is 1.40. The molecule has 4 aromatic rings. The number of ether oxygens (including phenoxy) is 1. The summed E-state index contributed by atoms with van der Waals surface area (Å²) in [6.45, 7) is 2.15. The van der Waals surface area contributed by atoms with E-state index in [0.717, 1.165) is 66.1 Å². The maximum absolute atomic E-state index is 13.2. The summed E-state index contributed by atoms with van der Waals surface area (Å²) in [5, 5.41) is 3.95. The predicted octanol–water partition coefficient (Wildman–Crippen LogP) is 4.26. The van der Waals surface area contributed by atoms with E-state index in [2.05, 4.69) is 25.2 Å². The minimum absolute atomic E-state index is 0.0592. The molecule has 1 fully saturated rings. The van der Waals surface area contributed by atoms with E-state index in [1.165, 1.54) is 6.33 Å². The number of urea groups is 1. The van der Waals surface area contributed by atoms with Crippen molar-refractivity contribution in [2.45, 2.75) is 25.3 Å². The zero-order valence-corrected chi connectivity index (χ0v) is 20.6. The molecule has 37 heavy (non-hydrogen) atoms. The molecule has 2 aliphatic heterocycles. The summed E-state index contributed by atoms with van der Waals surface area (Å²) in [7, 11) is 1.65. The van der Waals surface area contributed by atoms with E-state index in [1.54, 1.807) is 19.4 Å². The molecule has 0 aliphatic carbocycles. The number of carbonyl (C=O) groups excluding carboxylic acids is 2. The minimum Gasteiger partial charge on any atom is -0.497 e. The number of carbonyl (C=O) groups is 2. The fourth-order valence-electron chi connectivity index (χ4n) is 5.35. The largest absolute Gasteiger partial charge is 0.497 e. The van der Waals surface area contributed by atoms with Crippen LogP contribution in [0.25, 0.3) is 10.9 Å². The first-order valence-corrected chi connectivity index (χ1v) is 12.5. The molecule has 2 aromatic carbocycles. The number of benzene rings is 2. The Morgan fingerprint density at radius 1 is 1.05 bits per heavy atom. The molecule has 0 spiro atoms. The number of rotatable bonds is 5. The van der Waals surface area contributed by atoms with Gasteiger partial charge in [-0.3, -0.25) is 4.79 Å². The van der Waals surface area contributed by atoms with Crippen molar-refractivity contribution >= 4 is 34.2 Å². The van der Waals surface area contributed by atoms with Crippen LogP contribution in [0.2, 0.25) is 0 Å². The number of aromatic nitrogens is 3. The third-order valence-corrected chi connectivity index (χ3v) is 7.39. The van der Waals surface area contributed by atoms with E-state index in [0.29, 0.717) is 17.8 Å². The number of ketones is 1. The van der Waals surface area contributed by atoms with Gasteiger partial charge in [-0.2, -0.15) is 0 Å². The van der Waals surface area contributed by atoms with Gasteiger partial charge in [0.05, 0.1) is 7.11 Å². The lowest BCUT2D eigenvalue weighted by atomic mass is 10.0. The van der Waals surface area contributed by atoms with Gasteiger partial charge in [-0.05, 0) is 49.1 Å². The maximum Gasteiger partial charge on any atom is 0.322 e. The molecule has 2 aromatic heterocycles. The van der Waals surface area contributed by atoms with E-state index < -0.39 is 0 Å². The number of H-pyrrole nitrogens is 1. The predicted molar refractivity (Wildman–Crippen MR) is 141 cm³/mol. The topological polar surface area (TPSA) is 103 Å². The highest BCUT2D eigenvalue weighted by Crippen LogP contribution is 2.29. The molecule has 0 radical (unpaired) electrons. The summed E-state index contributed by atoms with van der Waals surface area (Å²) in [6.07, 6.45) is 5.61. The highest BCUT2D eigenvalue weighted by atomic mass is 16.5. The Balaban J connectivity index is 1.13. The highest BCUT2D eigenvalue weighted by Gasteiger charge is 2.31. The molecular weight excluding hydrogens is 468 g/mol. The number of nitrogens with one attached hydrogen (secondary N) is 2. The maximum atomic E-state index is 13.2. The van der Waals surface area contributed by atoms with Gasteiger partial charge in [0.15, 0.2) is 0 Å². The van der Waals surface area contributed by atoms with Crippen LogP contribution in [-0.2, 0) is 6.42 Å². The summed E-state index contributed by atoms with van der Waals surface area (Å²) in [5.41, 5.74) is 3.82. The van der Waals surface area contributed by atoms with Crippen LogP contribution in [0.3, 0.4) is 0 Å². The van der Waals surface area contributed by atoms with Gasteiger partial charge < -0.3 is 24.8 Å². The summed E-state index contributed by atoms with van der Waals surface area (Å²) >= 11 is 0. The lowest BCUT2D eigenvalue weighted by Gasteiger charge is -2.38. The first-order chi connectivity index (χ1) is 18.1. The standard InChI is InChI=1S/C28H28N6O3/c1-37-20-6-7-23-18(14-20)8-13-34(28(36)32-23)19-9-11-33(12-10-19)26-15-25(30-17-31-26)27(35)22-16-29-24-5-3-2-4-21(22)24/h2-7,14-17,19,29H,8-13H2,1H3,(H,32,36). The van der Waals surface area contributed by atoms with Crippen LogP contribution >= 0.6 is 0 Å². The first kappa shape index (κ1) is 23.0. The fraction of sp³-hybridized carbons (Fsp3) is 0.286. The Labute approximate surface area is 214 Å². The van der Waals surface area contributed by atoms with Gasteiger partial charge >= 0.3 is 6.03 Å². The lowest BCUT2D eigenvalue weighted by molar-refractivity contribution is 0.103. The molecule has 6 rings (SSSR count). The van der Waals surface area contributed by atoms with Crippen LogP contribution in [0.15, 0.2) is 61.1 Å². The van der Waals surface area contributed by atoms with Crippen LogP contribution in [0.5, 0.6) is 5.75 Å². The Morgan fingerprint density at radius 3 is 2.73 bits per heavy atom. The van der Waals surface area contributed by atoms with E-state index in [9.17, 15) is 9.59 Å². The number of methoxy groups -OCH3 is 1. The van der Waals surface area contributed by atoms with E-state index in [-0.39, 0.29) is 17.9 Å². The Bertz CT molecular complexity index is 1470. The number of aromatic amines is 1. The second-order valence-electron chi connectivity index (χ2n) is 9.45. The van der Waals surface area contributed by atoms with Crippen molar-refractivity contribution in [3.8, 4) is 5.75 Å². The number of para-hydroxylation sites is 1. The number of nitrogens with zero attached hydrogens (tertiary/aromatic N) is 4. The zero-order valence-electron chi connectivity index (χ0n) is 20.6. The molecule has 0 atom stereocenters. The average molecular weight is 497 g/mol. The van der Waals surface area contributed by atoms with Crippen LogP contribution in [0.1, 0.15) is 34.5 Å². The third kappa shape index (κ3) is 4.37. The second-order valence-corrected chi connectivity index (χ2v) is 9.45. The molecule has 0 saturated carbocycles. The molecule has 9 nitrogen and oxygen atoms in total. The summed E-state index contributed by atoms with van der Waals surface area (Å²) < 4.78 is 5.34. The lowest BCUT2D eigenvalue weighted by Crippen LogP contribution is -2.49. The van der Waals surface area contributed by atoms with Crippen molar-refractivity contribution in [2.75, 3.05) is 37.0 Å². The quantitative estimate of drug-likeness (QED) is 0.400. The molecule has 188 valence electrons. The van der Waals surface area contributed by atoms with Crippen molar-refractivity contribution in [3.05, 3.63) is 77.9 Å². The number of piperidine rings is 1. The van der Waals surface area contributed by atoms with Crippen molar-refractivity contribution in [3.63, 3.8) is 0 Å². The van der Waals surface area contributed by atoms with E-state index in [4.69, 9.17) is 4.74 Å². The highest BCUT2D eigenvalue weighted by molar-refractivity contribution is 6.15. The zero-order chi connectivity index (χ0) is 25.4. The Kier molecular flexibility index (Phi) is 5.96. The average Bonchev–Trinajstić information content (AvgIpc) is 3.30. The van der Waals surface area contributed by atoms with Gasteiger partial charge in [0.25, 0.3) is 0 Å². The molecule has 0 bridgehead atoms. The van der Waals surface area contributed by atoms with Crippen molar-refractivity contribution < 1.29 is 14.3 Å². The van der Waals surface area contributed by atoms with Crippen molar-refractivity contribution in [1.82, 2.24) is 19.9 Å². The first-order valence-electron chi connectivity index (χ1n) is 12.5. The van der Waals surface area contributed by atoms with Gasteiger partial charge in [0.2, 0.25) is 5.78 Å². The molecule has 4 heterocycles. The summed E-state index contributed by atoms with van der Waals surface area (Å²) in [6, 6.07) is 15.3. The number of hydrogen-bond acceptors (Lipinski definition) is 6. The monoisotopic (exact) mass is 496 g/mol. The van der Waals surface area contributed by atoms with Crippen LogP contribution in [0, 0.1) is 0 Å². The Morgan fingerprint density at radius 2 is 1.89 bits per heavy atom. The van der Waals surface area contributed by atoms with Crippen molar-refractivity contribution in [1.29, 1.82) is 0 Å². The number of hydrogen-bond donors (Lipinski definition) is 2. The number of amides is 2. The molecule has 0 unspecified atom stereocenters. The van der Waals surface area contributed by atoms with Gasteiger partial charge in [-0.15, -0.1) is 0 Å². The minimum atomic E-state index is -0.131. The SMILES string of the molecule is COc1ccc2c(c1)CCN(C1CCN(c3cc(C(=O)c4c[nH]c5ccccc45)ncn3)CC1)C(=O)N2. The van der Waals surface area contributed by atoms with Crippen molar-refractivity contribution in [2.24, 2.45) is 0 Å². The van der Waals surface area contributed by atoms with Crippen LogP contribution in [-0.4, -0.2) is 64.5 Å². The molecule has 9 heteroatoms. The Hall–Kier alpha value is -4.40. The van der Waals surface area contributed by atoms with Gasteiger partial charge in [0.1, 0.15) is 23.6 Å². The third-order valence-electron chi connectivity index (χ3n) is 7.39. The van der Waals surface area contributed by atoms with E-state index in [1.807, 2.05) is 47.4 Å². The van der Waals surface area contributed by atoms with E-state index >= 15 is 0 Å². The molecule has 2 amide bonds. The second kappa shape index (κ2) is 9.57.